The molecule has 128 valence electrons. The fourth-order valence-electron chi connectivity index (χ4n) is 2.33. The number of nitro groups is 1. The van der Waals surface area contributed by atoms with Crippen LogP contribution in [0.15, 0.2) is 24.3 Å². The van der Waals surface area contributed by atoms with Crippen molar-refractivity contribution in [2.45, 2.75) is 18.5 Å². The van der Waals surface area contributed by atoms with Crippen molar-refractivity contribution in [2.24, 2.45) is 0 Å². The second kappa shape index (κ2) is 7.51. The lowest BCUT2D eigenvalue weighted by Crippen LogP contribution is -2.42. The minimum atomic E-state index is -1.13. The molecular formula is C14H16N4O6. The van der Waals surface area contributed by atoms with E-state index in [1.807, 2.05) is 0 Å². The predicted octanol–water partition coefficient (Wildman–Crippen LogP) is -0.744. The van der Waals surface area contributed by atoms with Gasteiger partial charge in [-0.05, 0) is 18.6 Å². The Balaban J connectivity index is 1.86. The van der Waals surface area contributed by atoms with E-state index in [0.29, 0.717) is 13.0 Å². The van der Waals surface area contributed by atoms with Gasteiger partial charge in [0.05, 0.1) is 11.0 Å². The maximum Gasteiger partial charge on any atom is 0.322 e. The summed E-state index contributed by atoms with van der Waals surface area (Å²) in [6.07, 6.45) is 0.324. The molecule has 1 saturated heterocycles. The highest BCUT2D eigenvalue weighted by molar-refractivity contribution is 5.94. The van der Waals surface area contributed by atoms with Crippen molar-refractivity contribution in [3.8, 4) is 0 Å². The van der Waals surface area contributed by atoms with Gasteiger partial charge >= 0.3 is 5.97 Å². The molecule has 0 aromatic heterocycles. The van der Waals surface area contributed by atoms with Crippen molar-refractivity contribution < 1.29 is 24.4 Å². The molecule has 1 aromatic rings. The van der Waals surface area contributed by atoms with E-state index in [4.69, 9.17) is 5.11 Å². The number of nitro benzene ring substituents is 1. The summed E-state index contributed by atoms with van der Waals surface area (Å²) in [6.45, 7) is -0.0965. The van der Waals surface area contributed by atoms with Crippen LogP contribution >= 0.6 is 0 Å². The van der Waals surface area contributed by atoms with Crippen LogP contribution in [0.1, 0.15) is 16.8 Å². The molecule has 1 fully saturated rings. The SMILES string of the molecule is O=C(O)CNC(=O)C1CC(NC(=O)c2ccc([N+](=O)[O-])cc2)CN1. The van der Waals surface area contributed by atoms with Crippen LogP contribution in [0.2, 0.25) is 0 Å². The average molecular weight is 336 g/mol. The van der Waals surface area contributed by atoms with E-state index in [9.17, 15) is 24.5 Å². The predicted molar refractivity (Wildman–Crippen MR) is 81.4 cm³/mol. The van der Waals surface area contributed by atoms with Gasteiger partial charge in [0, 0.05) is 30.3 Å². The molecule has 4 N–H and O–H groups in total. The minimum absolute atomic E-state index is 0.107. The van der Waals surface area contributed by atoms with E-state index >= 15 is 0 Å². The molecule has 0 saturated carbocycles. The van der Waals surface area contributed by atoms with Gasteiger partial charge in [-0.3, -0.25) is 24.5 Å². The smallest absolute Gasteiger partial charge is 0.322 e. The van der Waals surface area contributed by atoms with Crippen molar-refractivity contribution in [1.82, 2.24) is 16.0 Å². The Hall–Kier alpha value is -3.01. The zero-order valence-electron chi connectivity index (χ0n) is 12.5. The summed E-state index contributed by atoms with van der Waals surface area (Å²) in [4.78, 5) is 44.3. The number of hydrogen-bond donors (Lipinski definition) is 4. The first-order chi connectivity index (χ1) is 11.4. The Morgan fingerprint density at radius 1 is 1.29 bits per heavy atom. The van der Waals surface area contributed by atoms with Gasteiger partial charge in [0.15, 0.2) is 0 Å². The highest BCUT2D eigenvalue weighted by atomic mass is 16.6. The Kier molecular flexibility index (Phi) is 5.42. The molecule has 2 atom stereocenters. The summed E-state index contributed by atoms with van der Waals surface area (Å²) in [6, 6.07) is 4.31. The van der Waals surface area contributed by atoms with E-state index in [2.05, 4.69) is 16.0 Å². The Morgan fingerprint density at radius 2 is 1.96 bits per heavy atom. The molecule has 2 unspecified atom stereocenters. The van der Waals surface area contributed by atoms with Crippen LogP contribution in [0.4, 0.5) is 5.69 Å². The molecule has 24 heavy (non-hydrogen) atoms. The van der Waals surface area contributed by atoms with E-state index in [1.165, 1.54) is 24.3 Å². The normalized spacial score (nSPS) is 19.5. The van der Waals surface area contributed by atoms with Gasteiger partial charge in [0.25, 0.3) is 11.6 Å². The summed E-state index contributed by atoms with van der Waals surface area (Å²) < 4.78 is 0. The van der Waals surface area contributed by atoms with Crippen molar-refractivity contribution in [2.75, 3.05) is 13.1 Å². The first-order valence-corrected chi connectivity index (χ1v) is 7.15. The molecule has 0 bridgehead atoms. The molecule has 0 radical (unpaired) electrons. The Bertz CT molecular complexity index is 660. The van der Waals surface area contributed by atoms with Crippen LogP contribution < -0.4 is 16.0 Å². The molecule has 1 aliphatic heterocycles. The molecule has 2 amide bonds. The van der Waals surface area contributed by atoms with Gasteiger partial charge in [0.2, 0.25) is 5.91 Å². The van der Waals surface area contributed by atoms with Crippen molar-refractivity contribution >= 4 is 23.5 Å². The number of aliphatic carboxylic acids is 1. The summed E-state index contributed by atoms with van der Waals surface area (Å²) in [5.41, 5.74) is 0.170. The Morgan fingerprint density at radius 3 is 2.54 bits per heavy atom. The van der Waals surface area contributed by atoms with Crippen LogP contribution in [-0.4, -0.2) is 53.0 Å². The van der Waals surface area contributed by atoms with Gasteiger partial charge in [-0.15, -0.1) is 0 Å². The third kappa shape index (κ3) is 4.49. The number of benzene rings is 1. The number of carboxylic acid groups (broad SMARTS) is 1. The van der Waals surface area contributed by atoms with Crippen LogP contribution in [0.25, 0.3) is 0 Å². The number of nitrogens with one attached hydrogen (secondary N) is 3. The molecule has 10 heteroatoms. The van der Waals surface area contributed by atoms with Gasteiger partial charge in [-0.25, -0.2) is 0 Å². The fraction of sp³-hybridized carbons (Fsp3) is 0.357. The van der Waals surface area contributed by atoms with E-state index in [-0.39, 0.29) is 17.3 Å². The number of non-ortho nitro benzene ring substituents is 1. The largest absolute Gasteiger partial charge is 0.480 e. The van der Waals surface area contributed by atoms with Crippen LogP contribution in [0, 0.1) is 10.1 Å². The Labute approximate surface area is 136 Å². The first kappa shape index (κ1) is 17.3. The quantitative estimate of drug-likeness (QED) is 0.394. The topological polar surface area (TPSA) is 151 Å². The van der Waals surface area contributed by atoms with Crippen molar-refractivity contribution in [1.29, 1.82) is 0 Å². The van der Waals surface area contributed by atoms with Gasteiger partial charge in [-0.2, -0.15) is 0 Å². The highest BCUT2D eigenvalue weighted by Gasteiger charge is 2.30. The van der Waals surface area contributed by atoms with Gasteiger partial charge in [-0.1, -0.05) is 0 Å². The zero-order valence-corrected chi connectivity index (χ0v) is 12.5. The monoisotopic (exact) mass is 336 g/mol. The maximum absolute atomic E-state index is 12.1. The number of rotatable bonds is 6. The van der Waals surface area contributed by atoms with E-state index < -0.39 is 35.3 Å². The number of carbonyl (C=O) groups is 3. The van der Waals surface area contributed by atoms with Crippen molar-refractivity contribution in [3.05, 3.63) is 39.9 Å². The van der Waals surface area contributed by atoms with Crippen LogP contribution in [0.3, 0.4) is 0 Å². The fourth-order valence-corrected chi connectivity index (χ4v) is 2.33. The molecule has 0 spiro atoms. The van der Waals surface area contributed by atoms with Gasteiger partial charge < -0.3 is 21.1 Å². The molecule has 1 aliphatic rings. The first-order valence-electron chi connectivity index (χ1n) is 7.15. The molecule has 10 nitrogen and oxygen atoms in total. The average Bonchev–Trinajstić information content (AvgIpc) is 3.01. The standard InChI is InChI=1S/C14H16N4O6/c19-12(20)7-16-14(22)11-5-9(6-15-11)17-13(21)8-1-3-10(4-2-8)18(23)24/h1-4,9,11,15H,5-7H2,(H,16,22)(H,17,21)(H,19,20). The number of carbonyl (C=O) groups excluding carboxylic acids is 2. The molecule has 1 aromatic carbocycles. The molecule has 0 aliphatic carbocycles. The second-order valence-corrected chi connectivity index (χ2v) is 5.28. The summed E-state index contributed by atoms with van der Waals surface area (Å²) in [7, 11) is 0. The van der Waals surface area contributed by atoms with Crippen LogP contribution in [0.5, 0.6) is 0 Å². The summed E-state index contributed by atoms with van der Waals surface area (Å²) in [5.74, 6) is -1.97. The van der Waals surface area contributed by atoms with Crippen LogP contribution in [-0.2, 0) is 9.59 Å². The zero-order chi connectivity index (χ0) is 17.7. The maximum atomic E-state index is 12.1. The number of hydrogen-bond acceptors (Lipinski definition) is 6. The molecule has 2 rings (SSSR count). The minimum Gasteiger partial charge on any atom is -0.480 e. The third-order valence-corrected chi connectivity index (χ3v) is 3.54. The lowest BCUT2D eigenvalue weighted by atomic mass is 10.1. The van der Waals surface area contributed by atoms with Crippen molar-refractivity contribution in [3.63, 3.8) is 0 Å². The van der Waals surface area contributed by atoms with E-state index in [1.54, 1.807) is 0 Å². The lowest BCUT2D eigenvalue weighted by Gasteiger charge is -2.12. The summed E-state index contributed by atoms with van der Waals surface area (Å²) in [5, 5.41) is 27.0. The lowest BCUT2D eigenvalue weighted by molar-refractivity contribution is -0.384. The molecular weight excluding hydrogens is 320 g/mol. The third-order valence-electron chi connectivity index (χ3n) is 3.54. The van der Waals surface area contributed by atoms with E-state index in [0.717, 1.165) is 0 Å². The number of carboxylic acids is 1. The second-order valence-electron chi connectivity index (χ2n) is 5.28. The highest BCUT2D eigenvalue weighted by Crippen LogP contribution is 2.13. The number of nitrogens with zero attached hydrogens (tertiary/aromatic N) is 1. The molecule has 1 heterocycles. The van der Waals surface area contributed by atoms with Gasteiger partial charge in [0.1, 0.15) is 6.54 Å². The number of amides is 2. The summed E-state index contributed by atoms with van der Waals surface area (Å²) >= 11 is 0.